The first-order valence-electron chi connectivity index (χ1n) is 9.59. The summed E-state index contributed by atoms with van der Waals surface area (Å²) in [5.41, 5.74) is 3.31. The third-order valence-corrected chi connectivity index (χ3v) is 5.40. The van der Waals surface area contributed by atoms with Gasteiger partial charge in [0.2, 0.25) is 5.91 Å². The van der Waals surface area contributed by atoms with Crippen molar-refractivity contribution >= 4 is 40.7 Å². The molecule has 2 aromatic heterocycles. The van der Waals surface area contributed by atoms with Crippen molar-refractivity contribution in [2.75, 3.05) is 16.4 Å². The second kappa shape index (κ2) is 8.97. The standard InChI is InChI=1S/C22H20N6O2S/c1-14-12-15(2)28-21(23-14)26-27-22(28)31-13-19(29)25-18-11-7-6-10-17(18)20(30)24-16-8-4-3-5-9-16/h3-12H,13H2,1-2H3,(H,24,30)(H,25,29). The third-order valence-electron chi connectivity index (χ3n) is 4.47. The molecule has 0 fully saturated rings. The molecule has 0 saturated carbocycles. The molecule has 0 unspecified atom stereocenters. The number of rotatable bonds is 6. The van der Waals surface area contributed by atoms with Gasteiger partial charge < -0.3 is 10.6 Å². The Morgan fingerprint density at radius 3 is 2.52 bits per heavy atom. The zero-order valence-electron chi connectivity index (χ0n) is 17.0. The molecule has 2 N–H and O–H groups in total. The van der Waals surface area contributed by atoms with E-state index in [9.17, 15) is 9.59 Å². The molecule has 4 rings (SSSR count). The summed E-state index contributed by atoms with van der Waals surface area (Å²) in [6, 6.07) is 18.0. The number of anilines is 2. The predicted octanol–water partition coefficient (Wildman–Crippen LogP) is 3.72. The molecule has 2 heterocycles. The average molecular weight is 433 g/mol. The fourth-order valence-corrected chi connectivity index (χ4v) is 3.91. The van der Waals surface area contributed by atoms with Crippen LogP contribution in [-0.2, 0) is 4.79 Å². The van der Waals surface area contributed by atoms with Crippen LogP contribution in [0.15, 0.2) is 65.8 Å². The normalized spacial score (nSPS) is 10.8. The zero-order valence-corrected chi connectivity index (χ0v) is 17.8. The number of nitrogens with one attached hydrogen (secondary N) is 2. The molecule has 0 saturated heterocycles. The summed E-state index contributed by atoms with van der Waals surface area (Å²) in [6.07, 6.45) is 0. The minimum absolute atomic E-state index is 0.114. The van der Waals surface area contributed by atoms with Crippen molar-refractivity contribution in [1.82, 2.24) is 19.6 Å². The van der Waals surface area contributed by atoms with E-state index in [1.54, 1.807) is 36.4 Å². The van der Waals surface area contributed by atoms with Crippen molar-refractivity contribution in [1.29, 1.82) is 0 Å². The monoisotopic (exact) mass is 432 g/mol. The molecule has 0 spiro atoms. The Balaban J connectivity index is 1.44. The molecule has 0 aliphatic heterocycles. The van der Waals surface area contributed by atoms with Crippen molar-refractivity contribution in [2.45, 2.75) is 19.0 Å². The van der Waals surface area contributed by atoms with E-state index in [-0.39, 0.29) is 17.6 Å². The maximum absolute atomic E-state index is 12.7. The van der Waals surface area contributed by atoms with Gasteiger partial charge in [-0.05, 0) is 44.2 Å². The second-order valence-electron chi connectivity index (χ2n) is 6.86. The maximum atomic E-state index is 12.7. The summed E-state index contributed by atoms with van der Waals surface area (Å²) in [5, 5.41) is 14.5. The molecule has 0 bridgehead atoms. The van der Waals surface area contributed by atoms with E-state index >= 15 is 0 Å². The number of carbonyl (C=O) groups is 2. The van der Waals surface area contributed by atoms with Crippen LogP contribution in [0.2, 0.25) is 0 Å². The van der Waals surface area contributed by atoms with Crippen LogP contribution in [0, 0.1) is 13.8 Å². The van der Waals surface area contributed by atoms with Crippen LogP contribution in [0.4, 0.5) is 11.4 Å². The average Bonchev–Trinajstić information content (AvgIpc) is 3.16. The fourth-order valence-electron chi connectivity index (χ4n) is 3.12. The number of fused-ring (bicyclic) bond motifs is 1. The van der Waals surface area contributed by atoms with Gasteiger partial charge in [-0.1, -0.05) is 42.1 Å². The van der Waals surface area contributed by atoms with Gasteiger partial charge >= 0.3 is 0 Å². The van der Waals surface area contributed by atoms with Crippen molar-refractivity contribution in [3.63, 3.8) is 0 Å². The van der Waals surface area contributed by atoms with Gasteiger partial charge in [0, 0.05) is 17.1 Å². The highest BCUT2D eigenvalue weighted by Crippen LogP contribution is 2.21. The number of carbonyl (C=O) groups excluding carboxylic acids is 2. The van der Waals surface area contributed by atoms with Crippen LogP contribution in [0.25, 0.3) is 5.78 Å². The number of aryl methyl sites for hydroxylation is 2. The predicted molar refractivity (Wildman–Crippen MR) is 120 cm³/mol. The van der Waals surface area contributed by atoms with Gasteiger partial charge in [-0.25, -0.2) is 4.98 Å². The number of hydrogen-bond donors (Lipinski definition) is 2. The van der Waals surface area contributed by atoms with E-state index in [1.807, 2.05) is 42.5 Å². The summed E-state index contributed by atoms with van der Waals surface area (Å²) >= 11 is 1.26. The Morgan fingerprint density at radius 2 is 1.71 bits per heavy atom. The van der Waals surface area contributed by atoms with Crippen LogP contribution in [-0.4, -0.2) is 37.1 Å². The molecule has 31 heavy (non-hydrogen) atoms. The lowest BCUT2D eigenvalue weighted by Crippen LogP contribution is -2.19. The number of amides is 2. The van der Waals surface area contributed by atoms with Crippen LogP contribution in [0.1, 0.15) is 21.7 Å². The van der Waals surface area contributed by atoms with E-state index in [0.29, 0.717) is 27.9 Å². The molecule has 2 amide bonds. The topological polar surface area (TPSA) is 101 Å². The Hall–Kier alpha value is -3.72. The number of aromatic nitrogens is 4. The summed E-state index contributed by atoms with van der Waals surface area (Å²) in [5.74, 6) is 0.0704. The lowest BCUT2D eigenvalue weighted by atomic mass is 10.1. The molecule has 4 aromatic rings. The molecule has 2 aromatic carbocycles. The molecule has 8 nitrogen and oxygen atoms in total. The molecule has 0 aliphatic rings. The van der Waals surface area contributed by atoms with Gasteiger partial charge in [0.25, 0.3) is 11.7 Å². The summed E-state index contributed by atoms with van der Waals surface area (Å²) < 4.78 is 1.81. The third kappa shape index (κ3) is 4.72. The zero-order chi connectivity index (χ0) is 21.8. The van der Waals surface area contributed by atoms with Gasteiger partial charge in [-0.3, -0.25) is 14.0 Å². The number of thioether (sulfide) groups is 1. The van der Waals surface area contributed by atoms with Crippen LogP contribution < -0.4 is 10.6 Å². The van der Waals surface area contributed by atoms with Gasteiger partial charge in [0.05, 0.1) is 17.0 Å². The van der Waals surface area contributed by atoms with Gasteiger partial charge in [-0.2, -0.15) is 0 Å². The van der Waals surface area contributed by atoms with Gasteiger partial charge in [0.15, 0.2) is 5.16 Å². The Bertz CT molecular complexity index is 1260. The van der Waals surface area contributed by atoms with Crippen molar-refractivity contribution in [3.05, 3.63) is 77.6 Å². The van der Waals surface area contributed by atoms with Gasteiger partial charge in [0.1, 0.15) is 0 Å². The smallest absolute Gasteiger partial charge is 0.257 e. The number of nitrogens with zero attached hydrogens (tertiary/aromatic N) is 4. The molecule has 156 valence electrons. The Labute approximate surface area is 183 Å². The molecule has 0 aliphatic carbocycles. The summed E-state index contributed by atoms with van der Waals surface area (Å²) in [6.45, 7) is 3.84. The Kier molecular flexibility index (Phi) is 5.94. The number of benzene rings is 2. The van der Waals surface area contributed by atoms with Crippen LogP contribution in [0.3, 0.4) is 0 Å². The lowest BCUT2D eigenvalue weighted by molar-refractivity contribution is -0.113. The molecule has 0 radical (unpaired) electrons. The first-order valence-corrected chi connectivity index (χ1v) is 10.6. The Morgan fingerprint density at radius 1 is 0.968 bits per heavy atom. The minimum atomic E-state index is -0.296. The van der Waals surface area contributed by atoms with Crippen LogP contribution >= 0.6 is 11.8 Å². The van der Waals surface area contributed by atoms with Gasteiger partial charge in [-0.15, -0.1) is 10.2 Å². The first kappa shape index (κ1) is 20.5. The quantitative estimate of drug-likeness (QED) is 0.450. The summed E-state index contributed by atoms with van der Waals surface area (Å²) in [4.78, 5) is 29.6. The number of para-hydroxylation sites is 2. The number of hydrogen-bond acceptors (Lipinski definition) is 6. The molecule has 0 atom stereocenters. The molecule has 9 heteroatoms. The first-order chi connectivity index (χ1) is 15.0. The highest BCUT2D eigenvalue weighted by Gasteiger charge is 2.15. The van der Waals surface area contributed by atoms with Crippen LogP contribution in [0.5, 0.6) is 0 Å². The SMILES string of the molecule is Cc1cc(C)n2c(SCC(=O)Nc3ccccc3C(=O)Nc3ccccc3)nnc2n1. The van der Waals surface area contributed by atoms with Crippen molar-refractivity contribution in [2.24, 2.45) is 0 Å². The highest BCUT2D eigenvalue weighted by atomic mass is 32.2. The fraction of sp³-hybridized carbons (Fsp3) is 0.136. The van der Waals surface area contributed by atoms with E-state index in [0.717, 1.165) is 11.4 Å². The molecular formula is C22H20N6O2S. The van der Waals surface area contributed by atoms with E-state index in [2.05, 4.69) is 25.8 Å². The minimum Gasteiger partial charge on any atom is -0.325 e. The highest BCUT2D eigenvalue weighted by molar-refractivity contribution is 7.99. The van der Waals surface area contributed by atoms with E-state index < -0.39 is 0 Å². The van der Waals surface area contributed by atoms with Crippen molar-refractivity contribution in [3.8, 4) is 0 Å². The maximum Gasteiger partial charge on any atom is 0.257 e. The molecular weight excluding hydrogens is 412 g/mol. The van der Waals surface area contributed by atoms with Crippen molar-refractivity contribution < 1.29 is 9.59 Å². The largest absolute Gasteiger partial charge is 0.325 e. The van der Waals surface area contributed by atoms with E-state index in [1.165, 1.54) is 11.8 Å². The van der Waals surface area contributed by atoms with E-state index in [4.69, 9.17) is 0 Å². The summed E-state index contributed by atoms with van der Waals surface area (Å²) in [7, 11) is 0. The second-order valence-corrected chi connectivity index (χ2v) is 7.80. The lowest BCUT2D eigenvalue weighted by Gasteiger charge is -2.11.